The highest BCUT2D eigenvalue weighted by molar-refractivity contribution is 5.92. The van der Waals surface area contributed by atoms with E-state index in [4.69, 9.17) is 9.47 Å². The quantitative estimate of drug-likeness (QED) is 0.392. The molecule has 0 bridgehead atoms. The number of hydrogen-bond acceptors (Lipinski definition) is 6. The third kappa shape index (κ3) is 6.47. The monoisotopic (exact) mass is 529 g/mol. The van der Waals surface area contributed by atoms with Gasteiger partial charge in [0.05, 0.1) is 25.7 Å². The van der Waals surface area contributed by atoms with E-state index < -0.39 is 6.10 Å². The molecule has 2 aliphatic heterocycles. The maximum atomic E-state index is 12.8. The number of amides is 2. The number of likely N-dealkylation sites (N-methyl/N-ethyl adjacent to an activating group) is 1. The van der Waals surface area contributed by atoms with Crippen LogP contribution in [0, 0.1) is 0 Å². The maximum Gasteiger partial charge on any atom is 0.238 e. The molecule has 0 aliphatic carbocycles. The van der Waals surface area contributed by atoms with Gasteiger partial charge in [-0.15, -0.1) is 0 Å². The number of carbonyl (C=O) groups is 2. The Kier molecular flexibility index (Phi) is 8.26. The van der Waals surface area contributed by atoms with Crippen molar-refractivity contribution in [2.24, 2.45) is 0 Å². The molecule has 0 aromatic heterocycles. The molecular weight excluding hydrogens is 494 g/mol. The Morgan fingerprint density at radius 2 is 1.72 bits per heavy atom. The second-order valence-electron chi connectivity index (χ2n) is 10.5. The van der Waals surface area contributed by atoms with Crippen LogP contribution in [0.2, 0.25) is 0 Å². The molecule has 0 unspecified atom stereocenters. The van der Waals surface area contributed by atoms with Crippen LogP contribution in [0.5, 0.6) is 5.75 Å². The van der Waals surface area contributed by atoms with Crippen LogP contribution in [0.15, 0.2) is 72.8 Å². The first kappa shape index (κ1) is 26.9. The molecule has 5 rings (SSSR count). The van der Waals surface area contributed by atoms with Gasteiger partial charge >= 0.3 is 0 Å². The average molecular weight is 530 g/mol. The summed E-state index contributed by atoms with van der Waals surface area (Å²) in [4.78, 5) is 26.9. The number of rotatable bonds is 9. The number of nitrogens with one attached hydrogen (secondary N) is 2. The highest BCUT2D eigenvalue weighted by Crippen LogP contribution is 2.47. The van der Waals surface area contributed by atoms with E-state index >= 15 is 0 Å². The van der Waals surface area contributed by atoms with Crippen LogP contribution in [0.3, 0.4) is 0 Å². The molecule has 1 fully saturated rings. The van der Waals surface area contributed by atoms with E-state index in [9.17, 15) is 14.7 Å². The molecule has 8 nitrogen and oxygen atoms in total. The van der Waals surface area contributed by atoms with Gasteiger partial charge in [-0.2, -0.15) is 0 Å². The lowest BCUT2D eigenvalue weighted by molar-refractivity contribution is -0.142. The normalized spacial score (nSPS) is 21.5. The number of fused-ring (bicyclic) bond motifs is 3. The number of anilines is 1. The minimum absolute atomic E-state index is 0.0417. The van der Waals surface area contributed by atoms with Crippen molar-refractivity contribution in [2.45, 2.75) is 43.6 Å². The molecule has 2 amide bonds. The SMILES string of the molecule is CN(C)CC(=O)Nc1ccc2c(c1)[C@@H]1C[C@@H](CC(=O)NCc3ccc(-c4ccccc4)cc3)O[C@H](CO)[C@@H]1O2. The van der Waals surface area contributed by atoms with Gasteiger partial charge in [0.2, 0.25) is 11.8 Å². The third-order valence-electron chi connectivity index (χ3n) is 7.21. The molecule has 39 heavy (non-hydrogen) atoms. The zero-order chi connectivity index (χ0) is 27.4. The van der Waals surface area contributed by atoms with Crippen LogP contribution < -0.4 is 15.4 Å². The smallest absolute Gasteiger partial charge is 0.238 e. The van der Waals surface area contributed by atoms with Gasteiger partial charge in [-0.3, -0.25) is 9.59 Å². The van der Waals surface area contributed by atoms with E-state index in [0.29, 0.717) is 18.7 Å². The first-order chi connectivity index (χ1) is 18.9. The van der Waals surface area contributed by atoms with Crippen LogP contribution in [0.4, 0.5) is 5.69 Å². The lowest BCUT2D eigenvalue weighted by Crippen LogP contribution is -2.47. The zero-order valence-electron chi connectivity index (χ0n) is 22.3. The molecule has 1 saturated heterocycles. The molecular formula is C31H35N3O5. The molecule has 0 saturated carbocycles. The summed E-state index contributed by atoms with van der Waals surface area (Å²) in [6, 6.07) is 23.9. The Morgan fingerprint density at radius 1 is 0.974 bits per heavy atom. The fourth-order valence-corrected chi connectivity index (χ4v) is 5.38. The molecule has 0 radical (unpaired) electrons. The third-order valence-corrected chi connectivity index (χ3v) is 7.21. The fraction of sp³-hybridized carbons (Fsp3) is 0.355. The predicted molar refractivity (Wildman–Crippen MR) is 149 cm³/mol. The number of aliphatic hydroxyl groups is 1. The van der Waals surface area contributed by atoms with Crippen LogP contribution in [-0.2, 0) is 20.9 Å². The van der Waals surface area contributed by atoms with Gasteiger partial charge in [0.1, 0.15) is 18.0 Å². The molecule has 204 valence electrons. The van der Waals surface area contributed by atoms with Gasteiger partial charge in [-0.25, -0.2) is 0 Å². The first-order valence-corrected chi connectivity index (χ1v) is 13.3. The van der Waals surface area contributed by atoms with Crippen LogP contribution in [0.1, 0.15) is 29.9 Å². The van der Waals surface area contributed by atoms with Crippen molar-refractivity contribution < 1.29 is 24.2 Å². The Bertz CT molecular complexity index is 1300. The Morgan fingerprint density at radius 3 is 2.44 bits per heavy atom. The van der Waals surface area contributed by atoms with Crippen molar-refractivity contribution in [2.75, 3.05) is 32.6 Å². The summed E-state index contributed by atoms with van der Waals surface area (Å²) in [5.41, 5.74) is 4.96. The minimum atomic E-state index is -0.536. The Balaban J connectivity index is 1.19. The Hall–Kier alpha value is -3.72. The van der Waals surface area contributed by atoms with Crippen molar-refractivity contribution in [3.63, 3.8) is 0 Å². The van der Waals surface area contributed by atoms with Crippen LogP contribution in [0.25, 0.3) is 11.1 Å². The highest BCUT2D eigenvalue weighted by Gasteiger charge is 2.46. The van der Waals surface area contributed by atoms with Crippen molar-refractivity contribution in [1.82, 2.24) is 10.2 Å². The summed E-state index contributed by atoms with van der Waals surface area (Å²) in [5.74, 6) is 0.479. The minimum Gasteiger partial charge on any atom is -0.487 e. The lowest BCUT2D eigenvalue weighted by atomic mass is 9.84. The van der Waals surface area contributed by atoms with E-state index in [1.54, 1.807) is 0 Å². The molecule has 2 heterocycles. The summed E-state index contributed by atoms with van der Waals surface area (Å²) in [7, 11) is 3.69. The van der Waals surface area contributed by atoms with E-state index in [1.807, 2.05) is 67.5 Å². The number of hydrogen-bond donors (Lipinski definition) is 3. The molecule has 8 heteroatoms. The van der Waals surface area contributed by atoms with Gasteiger partial charge in [-0.1, -0.05) is 54.6 Å². The largest absolute Gasteiger partial charge is 0.487 e. The molecule has 3 aromatic carbocycles. The van der Waals surface area contributed by atoms with E-state index in [2.05, 4.69) is 34.9 Å². The van der Waals surface area contributed by atoms with Crippen LogP contribution in [-0.4, -0.2) is 67.4 Å². The van der Waals surface area contributed by atoms with Gasteiger partial charge < -0.3 is 30.1 Å². The van der Waals surface area contributed by atoms with Gasteiger partial charge in [-0.05, 0) is 55.4 Å². The number of ether oxygens (including phenoxy) is 2. The standard InChI is InChI=1S/C31H35N3O5/c1-34(2)18-30(37)33-23-12-13-27-25(14-23)26-15-24(38-28(19-35)31(26)39-27)16-29(36)32-17-20-8-10-22(11-9-20)21-6-4-3-5-7-21/h3-14,24,26,28,31,35H,15-19H2,1-2H3,(H,32,36)(H,33,37)/t24-,26-,28+,31+/m0/s1. The Labute approximate surface area is 228 Å². The molecule has 2 aliphatic rings. The average Bonchev–Trinajstić information content (AvgIpc) is 3.29. The van der Waals surface area contributed by atoms with Gasteiger partial charge in [0.15, 0.2) is 0 Å². The van der Waals surface area contributed by atoms with E-state index in [-0.39, 0.29) is 49.5 Å². The van der Waals surface area contributed by atoms with Gasteiger partial charge in [0.25, 0.3) is 0 Å². The van der Waals surface area contributed by atoms with E-state index in [1.165, 1.54) is 0 Å². The second-order valence-corrected chi connectivity index (χ2v) is 10.5. The van der Waals surface area contributed by atoms with E-state index in [0.717, 1.165) is 28.0 Å². The molecule has 0 spiro atoms. The summed E-state index contributed by atoms with van der Waals surface area (Å²) in [5, 5.41) is 15.9. The van der Waals surface area contributed by atoms with Crippen LogP contribution >= 0.6 is 0 Å². The predicted octanol–water partition coefficient (Wildman–Crippen LogP) is 3.55. The number of carbonyl (C=O) groups excluding carboxylic acids is 2. The summed E-state index contributed by atoms with van der Waals surface area (Å²) < 4.78 is 12.2. The number of benzene rings is 3. The lowest BCUT2D eigenvalue weighted by Gasteiger charge is -2.37. The fourth-order valence-electron chi connectivity index (χ4n) is 5.38. The number of aliphatic hydroxyl groups excluding tert-OH is 1. The highest BCUT2D eigenvalue weighted by atomic mass is 16.6. The van der Waals surface area contributed by atoms with Crippen molar-refractivity contribution >= 4 is 17.5 Å². The molecule has 3 N–H and O–H groups in total. The number of nitrogens with zero attached hydrogens (tertiary/aromatic N) is 1. The topological polar surface area (TPSA) is 100 Å². The first-order valence-electron chi connectivity index (χ1n) is 13.3. The second kappa shape index (κ2) is 12.0. The van der Waals surface area contributed by atoms with Crippen molar-refractivity contribution in [3.8, 4) is 16.9 Å². The molecule has 4 atom stereocenters. The van der Waals surface area contributed by atoms with Gasteiger partial charge in [0, 0.05) is 23.7 Å². The summed E-state index contributed by atoms with van der Waals surface area (Å²) >= 11 is 0. The van der Waals surface area contributed by atoms with Crippen molar-refractivity contribution in [1.29, 1.82) is 0 Å². The van der Waals surface area contributed by atoms with Crippen molar-refractivity contribution in [3.05, 3.63) is 83.9 Å². The summed E-state index contributed by atoms with van der Waals surface area (Å²) in [6.07, 6.45) is -0.449. The molecule has 3 aromatic rings. The zero-order valence-corrected chi connectivity index (χ0v) is 22.3. The maximum absolute atomic E-state index is 12.8. The summed E-state index contributed by atoms with van der Waals surface area (Å²) in [6.45, 7) is 0.514.